The number of halogens is 2. The normalized spacial score (nSPS) is 10.2. The Bertz CT molecular complexity index is 616. The summed E-state index contributed by atoms with van der Waals surface area (Å²) in [5.41, 5.74) is 7.07. The number of hydrogen-bond acceptors (Lipinski definition) is 2. The van der Waals surface area contributed by atoms with E-state index in [4.69, 9.17) is 27.5 Å². The Balaban J connectivity index is 2.10. The molecule has 0 saturated carbocycles. The third-order valence-electron chi connectivity index (χ3n) is 2.53. The minimum atomic E-state index is 0.0297. The van der Waals surface area contributed by atoms with Gasteiger partial charge >= 0.3 is 0 Å². The molecule has 0 heterocycles. The molecule has 3 nitrogen and oxygen atoms in total. The van der Waals surface area contributed by atoms with Crippen LogP contribution in [0.2, 0.25) is 5.02 Å². The summed E-state index contributed by atoms with van der Waals surface area (Å²) in [7, 11) is 0. The van der Waals surface area contributed by atoms with Crippen molar-refractivity contribution >= 4 is 33.4 Å². The van der Waals surface area contributed by atoms with E-state index >= 15 is 0 Å². The van der Waals surface area contributed by atoms with E-state index in [0.29, 0.717) is 22.9 Å². The Morgan fingerprint density at radius 2 is 2.05 bits per heavy atom. The molecule has 0 fully saturated rings. The van der Waals surface area contributed by atoms with Crippen LogP contribution in [0, 0.1) is 5.41 Å². The minimum Gasteiger partial charge on any atom is -0.488 e. The maximum Gasteiger partial charge on any atom is 0.134 e. The van der Waals surface area contributed by atoms with Gasteiger partial charge < -0.3 is 10.5 Å². The van der Waals surface area contributed by atoms with Crippen molar-refractivity contribution in [1.29, 1.82) is 5.41 Å². The van der Waals surface area contributed by atoms with Crippen LogP contribution in [-0.2, 0) is 6.61 Å². The van der Waals surface area contributed by atoms with Crippen molar-refractivity contribution < 1.29 is 4.74 Å². The highest BCUT2D eigenvalue weighted by Gasteiger charge is 2.05. The number of nitrogens with one attached hydrogen (secondary N) is 1. The molecule has 0 atom stereocenters. The summed E-state index contributed by atoms with van der Waals surface area (Å²) in [5.74, 6) is 0.729. The first kappa shape index (κ1) is 13.9. The smallest absolute Gasteiger partial charge is 0.134 e. The van der Waals surface area contributed by atoms with E-state index in [9.17, 15) is 0 Å². The number of nitrogen functional groups attached to an aromatic ring is 1. The third kappa shape index (κ3) is 3.72. The van der Waals surface area contributed by atoms with Crippen LogP contribution in [0.3, 0.4) is 0 Å². The quantitative estimate of drug-likeness (QED) is 0.654. The number of ether oxygens (including phenoxy) is 1. The monoisotopic (exact) mass is 338 g/mol. The molecule has 0 bridgehead atoms. The van der Waals surface area contributed by atoms with Crippen LogP contribution in [0.25, 0.3) is 0 Å². The molecule has 2 aromatic carbocycles. The SMILES string of the molecule is N=C(N)c1ccc(OCc2cccc(Cl)c2)c(Br)c1. The molecule has 0 aliphatic rings. The lowest BCUT2D eigenvalue weighted by molar-refractivity contribution is 0.304. The summed E-state index contributed by atoms with van der Waals surface area (Å²) >= 11 is 9.31. The fourth-order valence-corrected chi connectivity index (χ4v) is 2.28. The van der Waals surface area contributed by atoms with Gasteiger partial charge in [0.25, 0.3) is 0 Å². The standard InChI is InChI=1S/C14H12BrClN2O/c15-12-7-10(14(17)18)4-5-13(12)19-8-9-2-1-3-11(16)6-9/h1-7H,8H2,(H3,17,18). The van der Waals surface area contributed by atoms with Gasteiger partial charge in [0.15, 0.2) is 0 Å². The highest BCUT2D eigenvalue weighted by Crippen LogP contribution is 2.27. The second-order valence-corrected chi connectivity index (χ2v) is 5.27. The first-order chi connectivity index (χ1) is 9.06. The third-order valence-corrected chi connectivity index (χ3v) is 3.38. The topological polar surface area (TPSA) is 59.1 Å². The Kier molecular flexibility index (Phi) is 4.45. The van der Waals surface area contributed by atoms with Crippen molar-refractivity contribution in [3.8, 4) is 5.75 Å². The summed E-state index contributed by atoms with van der Waals surface area (Å²) in [4.78, 5) is 0. The first-order valence-corrected chi connectivity index (χ1v) is 6.74. The zero-order valence-electron chi connectivity index (χ0n) is 9.99. The van der Waals surface area contributed by atoms with Gasteiger partial charge in [-0.05, 0) is 51.8 Å². The second-order valence-electron chi connectivity index (χ2n) is 3.98. The molecule has 0 unspecified atom stereocenters. The van der Waals surface area contributed by atoms with E-state index in [2.05, 4.69) is 15.9 Å². The Labute approximate surface area is 125 Å². The summed E-state index contributed by atoms with van der Waals surface area (Å²) in [6.07, 6.45) is 0. The molecular weight excluding hydrogens is 328 g/mol. The van der Waals surface area contributed by atoms with E-state index in [1.165, 1.54) is 0 Å². The molecule has 2 rings (SSSR count). The van der Waals surface area contributed by atoms with Crippen molar-refractivity contribution in [2.45, 2.75) is 6.61 Å². The summed E-state index contributed by atoms with van der Waals surface area (Å²) in [5, 5.41) is 8.05. The molecule has 19 heavy (non-hydrogen) atoms. The zero-order chi connectivity index (χ0) is 13.8. The Hall–Kier alpha value is -1.52. The van der Waals surface area contributed by atoms with Crippen LogP contribution < -0.4 is 10.5 Å². The van der Waals surface area contributed by atoms with Gasteiger partial charge in [-0.15, -0.1) is 0 Å². The van der Waals surface area contributed by atoms with Gasteiger partial charge in [-0.3, -0.25) is 5.41 Å². The summed E-state index contributed by atoms with van der Waals surface area (Å²) < 4.78 is 6.46. The van der Waals surface area contributed by atoms with Crippen LogP contribution in [0.5, 0.6) is 5.75 Å². The Morgan fingerprint density at radius 3 is 2.68 bits per heavy atom. The van der Waals surface area contributed by atoms with Gasteiger partial charge in [-0.25, -0.2) is 0 Å². The van der Waals surface area contributed by atoms with E-state index in [1.54, 1.807) is 18.2 Å². The van der Waals surface area contributed by atoms with Crippen LogP contribution >= 0.6 is 27.5 Å². The van der Waals surface area contributed by atoms with Gasteiger partial charge in [0.2, 0.25) is 0 Å². The van der Waals surface area contributed by atoms with Gasteiger partial charge in [0, 0.05) is 10.6 Å². The molecule has 0 aliphatic carbocycles. The van der Waals surface area contributed by atoms with E-state index < -0.39 is 0 Å². The molecule has 0 saturated heterocycles. The van der Waals surface area contributed by atoms with Gasteiger partial charge in [0.1, 0.15) is 18.2 Å². The van der Waals surface area contributed by atoms with E-state index in [1.807, 2.05) is 24.3 Å². The maximum atomic E-state index is 7.36. The number of rotatable bonds is 4. The molecule has 0 aromatic heterocycles. The second kappa shape index (κ2) is 6.08. The lowest BCUT2D eigenvalue weighted by Gasteiger charge is -2.09. The van der Waals surface area contributed by atoms with Crippen molar-refractivity contribution in [2.24, 2.45) is 5.73 Å². The lowest BCUT2D eigenvalue weighted by atomic mass is 10.2. The molecule has 0 spiro atoms. The molecule has 98 valence electrons. The van der Waals surface area contributed by atoms with Crippen LogP contribution in [-0.4, -0.2) is 5.84 Å². The molecular formula is C14H12BrClN2O. The Morgan fingerprint density at radius 1 is 1.26 bits per heavy atom. The van der Waals surface area contributed by atoms with E-state index in [0.717, 1.165) is 10.0 Å². The van der Waals surface area contributed by atoms with Crippen molar-refractivity contribution in [1.82, 2.24) is 0 Å². The van der Waals surface area contributed by atoms with Gasteiger partial charge in [-0.1, -0.05) is 23.7 Å². The average Bonchev–Trinajstić information content (AvgIpc) is 2.37. The largest absolute Gasteiger partial charge is 0.488 e. The van der Waals surface area contributed by atoms with Crippen molar-refractivity contribution in [3.05, 3.63) is 63.1 Å². The first-order valence-electron chi connectivity index (χ1n) is 5.57. The van der Waals surface area contributed by atoms with Crippen molar-refractivity contribution in [3.63, 3.8) is 0 Å². The predicted molar refractivity (Wildman–Crippen MR) is 80.9 cm³/mol. The summed E-state index contributed by atoms with van der Waals surface area (Å²) in [6.45, 7) is 0.429. The fourth-order valence-electron chi connectivity index (χ4n) is 1.57. The van der Waals surface area contributed by atoms with Gasteiger partial charge in [0.05, 0.1) is 4.47 Å². The van der Waals surface area contributed by atoms with Crippen LogP contribution in [0.15, 0.2) is 46.9 Å². The number of nitrogens with two attached hydrogens (primary N) is 1. The predicted octanol–water partition coefficient (Wildman–Crippen LogP) is 3.97. The van der Waals surface area contributed by atoms with Gasteiger partial charge in [-0.2, -0.15) is 0 Å². The minimum absolute atomic E-state index is 0.0297. The zero-order valence-corrected chi connectivity index (χ0v) is 12.3. The van der Waals surface area contributed by atoms with E-state index in [-0.39, 0.29) is 5.84 Å². The lowest BCUT2D eigenvalue weighted by Crippen LogP contribution is -2.10. The number of amidine groups is 1. The molecule has 5 heteroatoms. The summed E-state index contributed by atoms with van der Waals surface area (Å²) in [6, 6.07) is 12.8. The molecule has 2 aromatic rings. The molecule has 0 aliphatic heterocycles. The molecule has 3 N–H and O–H groups in total. The molecule has 0 amide bonds. The maximum absolute atomic E-state index is 7.36. The highest BCUT2D eigenvalue weighted by atomic mass is 79.9. The average molecular weight is 340 g/mol. The van der Waals surface area contributed by atoms with Crippen LogP contribution in [0.4, 0.5) is 0 Å². The number of hydrogen-bond donors (Lipinski definition) is 2. The highest BCUT2D eigenvalue weighted by molar-refractivity contribution is 9.10. The van der Waals surface area contributed by atoms with Crippen LogP contribution in [0.1, 0.15) is 11.1 Å². The van der Waals surface area contributed by atoms with Crippen molar-refractivity contribution in [2.75, 3.05) is 0 Å². The number of benzene rings is 2. The fraction of sp³-hybridized carbons (Fsp3) is 0.0714. The molecule has 0 radical (unpaired) electrons.